The van der Waals surface area contributed by atoms with Gasteiger partial charge < -0.3 is 5.73 Å². The summed E-state index contributed by atoms with van der Waals surface area (Å²) < 4.78 is 41.7. The lowest BCUT2D eigenvalue weighted by Crippen LogP contribution is -2.07. The molecule has 0 aliphatic rings. The van der Waals surface area contributed by atoms with E-state index in [1.54, 1.807) is 18.2 Å². The molecule has 0 bridgehead atoms. The highest BCUT2D eigenvalue weighted by molar-refractivity contribution is 7.71. The van der Waals surface area contributed by atoms with Gasteiger partial charge in [-0.25, -0.2) is 17.9 Å². The molecule has 7 heteroatoms. The molecule has 0 unspecified atom stereocenters. The van der Waals surface area contributed by atoms with Crippen molar-refractivity contribution in [2.45, 2.75) is 6.42 Å². The molecule has 3 nitrogen and oxygen atoms in total. The molecule has 0 radical (unpaired) electrons. The normalized spacial score (nSPS) is 10.8. The number of rotatable bonds is 3. The van der Waals surface area contributed by atoms with Gasteiger partial charge in [-0.15, -0.1) is 0 Å². The first-order valence-corrected chi connectivity index (χ1v) is 7.43. The number of hydrogen-bond acceptors (Lipinski definition) is 3. The second-order valence-corrected chi connectivity index (χ2v) is 5.66. The molecule has 0 atom stereocenters. The second kappa shape index (κ2) is 6.45. The number of nitrogens with zero attached hydrogens (tertiary/aromatic N) is 2. The summed E-state index contributed by atoms with van der Waals surface area (Å²) in [6.07, 6.45) is 1.88. The molecule has 24 heavy (non-hydrogen) atoms. The average molecular weight is 347 g/mol. The summed E-state index contributed by atoms with van der Waals surface area (Å²) in [5.74, 6) is -4.07. The van der Waals surface area contributed by atoms with Crippen LogP contribution in [0.4, 0.5) is 18.9 Å². The second-order valence-electron chi connectivity index (χ2n) is 5.22. The summed E-state index contributed by atoms with van der Waals surface area (Å²) in [4.78, 5) is 0. The summed E-state index contributed by atoms with van der Waals surface area (Å²) in [5, 5.41) is 4.30. The zero-order valence-electron chi connectivity index (χ0n) is 12.3. The van der Waals surface area contributed by atoms with Gasteiger partial charge >= 0.3 is 0 Å². The first-order chi connectivity index (χ1) is 11.4. The molecule has 2 aromatic carbocycles. The molecule has 0 saturated carbocycles. The Bertz CT molecular complexity index is 946. The number of nitrogens with two attached hydrogens (primary N) is 1. The third kappa shape index (κ3) is 3.30. The minimum absolute atomic E-state index is 0.0650. The summed E-state index contributed by atoms with van der Waals surface area (Å²) >= 11 is 5.25. The molecule has 0 aliphatic carbocycles. The van der Waals surface area contributed by atoms with E-state index in [-0.39, 0.29) is 5.69 Å². The van der Waals surface area contributed by atoms with E-state index in [1.165, 1.54) is 10.9 Å². The third-order valence-electron chi connectivity index (χ3n) is 3.44. The smallest absolute Gasteiger partial charge is 0.194 e. The average Bonchev–Trinajstić information content (AvgIpc) is 2.54. The minimum Gasteiger partial charge on any atom is -0.399 e. The van der Waals surface area contributed by atoms with Gasteiger partial charge in [0.05, 0.1) is 15.9 Å². The van der Waals surface area contributed by atoms with Gasteiger partial charge in [0, 0.05) is 30.4 Å². The standard InChI is InChI=1S/C17H12F3N3S/c18-13-8-12(9-14(19)17(13)20)23-5-4-16(24)15(22-23)7-10-2-1-3-11(21)6-10/h1-6,8-9H,7,21H2. The van der Waals surface area contributed by atoms with Gasteiger partial charge in [-0.2, -0.15) is 5.10 Å². The van der Waals surface area contributed by atoms with E-state index in [2.05, 4.69) is 5.10 Å². The first kappa shape index (κ1) is 16.2. The largest absolute Gasteiger partial charge is 0.399 e. The van der Waals surface area contributed by atoms with E-state index in [4.69, 9.17) is 18.0 Å². The van der Waals surface area contributed by atoms with Crippen molar-refractivity contribution in [2.24, 2.45) is 0 Å². The molecule has 0 aliphatic heterocycles. The van der Waals surface area contributed by atoms with Gasteiger partial charge in [-0.05, 0) is 23.8 Å². The Kier molecular flexibility index (Phi) is 4.35. The molecule has 1 heterocycles. The van der Waals surface area contributed by atoms with Gasteiger partial charge in [0.15, 0.2) is 17.5 Å². The van der Waals surface area contributed by atoms with Gasteiger partial charge in [0.25, 0.3) is 0 Å². The topological polar surface area (TPSA) is 43.8 Å². The maximum Gasteiger partial charge on any atom is 0.194 e. The van der Waals surface area contributed by atoms with E-state index in [0.717, 1.165) is 17.7 Å². The van der Waals surface area contributed by atoms with E-state index in [9.17, 15) is 13.2 Å². The number of anilines is 1. The van der Waals surface area contributed by atoms with E-state index in [1.807, 2.05) is 12.1 Å². The lowest BCUT2D eigenvalue weighted by molar-refractivity contribution is 0.445. The highest BCUT2D eigenvalue weighted by Gasteiger charge is 2.12. The molecule has 122 valence electrons. The Morgan fingerprint density at radius 3 is 2.42 bits per heavy atom. The van der Waals surface area contributed by atoms with Crippen LogP contribution in [-0.2, 0) is 6.42 Å². The highest BCUT2D eigenvalue weighted by atomic mass is 32.1. The fraction of sp³-hybridized carbons (Fsp3) is 0.0588. The lowest BCUT2D eigenvalue weighted by atomic mass is 10.1. The maximum atomic E-state index is 13.4. The number of halogens is 3. The van der Waals surface area contributed by atoms with Crippen LogP contribution in [0.25, 0.3) is 5.69 Å². The summed E-state index contributed by atoms with van der Waals surface area (Å²) in [6, 6.07) is 10.6. The van der Waals surface area contributed by atoms with E-state index >= 15 is 0 Å². The van der Waals surface area contributed by atoms with Crippen LogP contribution in [0.15, 0.2) is 48.7 Å². The number of nitrogen functional groups attached to an aromatic ring is 1. The SMILES string of the molecule is Nc1cccc(Cc2nn(-c3cc(F)c(F)c(F)c3)ccc2=S)c1. The number of benzene rings is 2. The molecule has 0 amide bonds. The van der Waals surface area contributed by atoms with Crippen molar-refractivity contribution in [1.29, 1.82) is 0 Å². The van der Waals surface area contributed by atoms with Crippen molar-refractivity contribution in [3.8, 4) is 5.69 Å². The summed E-state index contributed by atoms with van der Waals surface area (Å²) in [5.41, 5.74) is 7.88. The fourth-order valence-electron chi connectivity index (χ4n) is 2.28. The lowest BCUT2D eigenvalue weighted by Gasteiger charge is -2.09. The van der Waals surface area contributed by atoms with Crippen LogP contribution < -0.4 is 5.73 Å². The molecule has 0 saturated heterocycles. The Morgan fingerprint density at radius 1 is 1.04 bits per heavy atom. The van der Waals surface area contributed by atoms with Crippen LogP contribution in [0, 0.1) is 22.0 Å². The van der Waals surface area contributed by atoms with Gasteiger partial charge in [0.1, 0.15) is 0 Å². The molecule has 2 N–H and O–H groups in total. The van der Waals surface area contributed by atoms with Crippen LogP contribution >= 0.6 is 12.2 Å². The van der Waals surface area contributed by atoms with Gasteiger partial charge in [-0.1, -0.05) is 24.4 Å². The molecule has 3 aromatic rings. The number of aromatic nitrogens is 2. The highest BCUT2D eigenvalue weighted by Crippen LogP contribution is 2.18. The van der Waals surface area contributed by atoms with Crippen molar-refractivity contribution >= 4 is 17.9 Å². The van der Waals surface area contributed by atoms with Gasteiger partial charge in [-0.3, -0.25) is 0 Å². The predicted molar refractivity (Wildman–Crippen MR) is 87.9 cm³/mol. The summed E-state index contributed by atoms with van der Waals surface area (Å²) in [6.45, 7) is 0. The molecule has 0 fully saturated rings. The molecular weight excluding hydrogens is 335 g/mol. The Hall–Kier alpha value is -2.67. The zero-order valence-corrected chi connectivity index (χ0v) is 13.2. The molecule has 0 spiro atoms. The Balaban J connectivity index is 2.02. The predicted octanol–water partition coefficient (Wildman–Crippen LogP) is 4.19. The van der Waals surface area contributed by atoms with Crippen LogP contribution in [-0.4, -0.2) is 9.78 Å². The summed E-state index contributed by atoms with van der Waals surface area (Å²) in [7, 11) is 0. The van der Waals surface area contributed by atoms with Crippen LogP contribution in [0.2, 0.25) is 0 Å². The fourth-order valence-corrected chi connectivity index (χ4v) is 2.46. The Morgan fingerprint density at radius 2 is 1.75 bits per heavy atom. The van der Waals surface area contributed by atoms with Crippen molar-refractivity contribution in [3.05, 3.63) is 81.9 Å². The van der Waals surface area contributed by atoms with Crippen molar-refractivity contribution in [3.63, 3.8) is 0 Å². The van der Waals surface area contributed by atoms with Crippen molar-refractivity contribution in [1.82, 2.24) is 9.78 Å². The molecule has 3 rings (SSSR count). The van der Waals surface area contributed by atoms with E-state index in [0.29, 0.717) is 22.3 Å². The third-order valence-corrected chi connectivity index (χ3v) is 3.81. The van der Waals surface area contributed by atoms with Crippen LogP contribution in [0.1, 0.15) is 11.3 Å². The molecular formula is C17H12F3N3S. The van der Waals surface area contributed by atoms with Crippen LogP contribution in [0.5, 0.6) is 0 Å². The van der Waals surface area contributed by atoms with E-state index < -0.39 is 17.5 Å². The maximum absolute atomic E-state index is 13.4. The zero-order chi connectivity index (χ0) is 17.3. The molecule has 1 aromatic heterocycles. The van der Waals surface area contributed by atoms with Crippen molar-refractivity contribution < 1.29 is 13.2 Å². The van der Waals surface area contributed by atoms with Crippen LogP contribution in [0.3, 0.4) is 0 Å². The minimum atomic E-state index is -1.51. The first-order valence-electron chi connectivity index (χ1n) is 7.02. The van der Waals surface area contributed by atoms with Gasteiger partial charge in [0.2, 0.25) is 0 Å². The quantitative estimate of drug-likeness (QED) is 0.439. The Labute approximate surface area is 141 Å². The monoisotopic (exact) mass is 347 g/mol. The number of hydrogen-bond donors (Lipinski definition) is 1. The van der Waals surface area contributed by atoms with Crippen molar-refractivity contribution in [2.75, 3.05) is 5.73 Å².